The lowest BCUT2D eigenvalue weighted by Crippen LogP contribution is -2.21. The number of nitrogens with zero attached hydrogens (tertiary/aromatic N) is 2. The SMILES string of the molecule is CC1(C)c2ccccc2-c2cccc(N(c3ccccc3)c3cccc4c5ccccc5n(-c5ccccc5)c34)c21. The monoisotopic (exact) mass is 526 g/mol. The van der Waals surface area contributed by atoms with Gasteiger partial charge in [-0.3, -0.25) is 0 Å². The van der Waals surface area contributed by atoms with Gasteiger partial charge in [0.05, 0.1) is 22.4 Å². The lowest BCUT2D eigenvalue weighted by molar-refractivity contribution is 0.661. The molecule has 0 atom stereocenters. The van der Waals surface area contributed by atoms with Crippen LogP contribution >= 0.6 is 0 Å². The number of fused-ring (bicyclic) bond motifs is 6. The quantitative estimate of drug-likeness (QED) is 0.221. The molecule has 0 unspecified atom stereocenters. The molecule has 1 aromatic heterocycles. The zero-order valence-electron chi connectivity index (χ0n) is 23.3. The van der Waals surface area contributed by atoms with Crippen LogP contribution < -0.4 is 4.90 Å². The molecule has 0 aliphatic heterocycles. The summed E-state index contributed by atoms with van der Waals surface area (Å²) < 4.78 is 2.43. The van der Waals surface area contributed by atoms with Gasteiger partial charge in [-0.05, 0) is 64.7 Å². The molecule has 7 aromatic rings. The van der Waals surface area contributed by atoms with E-state index in [-0.39, 0.29) is 5.41 Å². The lowest BCUT2D eigenvalue weighted by Gasteiger charge is -2.32. The molecule has 8 rings (SSSR count). The van der Waals surface area contributed by atoms with E-state index in [1.54, 1.807) is 0 Å². The summed E-state index contributed by atoms with van der Waals surface area (Å²) in [6.07, 6.45) is 0. The molecule has 0 fully saturated rings. The summed E-state index contributed by atoms with van der Waals surface area (Å²) in [6, 6.07) is 52.8. The second-order valence-electron chi connectivity index (χ2n) is 11.4. The number of benzene rings is 6. The molecule has 6 aromatic carbocycles. The minimum atomic E-state index is -0.143. The Kier molecular flexibility index (Phi) is 5.20. The van der Waals surface area contributed by atoms with E-state index in [1.165, 1.54) is 49.7 Å². The molecular formula is C39H30N2. The van der Waals surface area contributed by atoms with E-state index >= 15 is 0 Å². The largest absolute Gasteiger partial charge is 0.308 e. The first-order valence-corrected chi connectivity index (χ1v) is 14.3. The van der Waals surface area contributed by atoms with Gasteiger partial charge in [0.15, 0.2) is 0 Å². The summed E-state index contributed by atoms with van der Waals surface area (Å²) >= 11 is 0. The van der Waals surface area contributed by atoms with Crippen molar-refractivity contribution in [1.29, 1.82) is 0 Å². The number of hydrogen-bond donors (Lipinski definition) is 0. The second-order valence-corrected chi connectivity index (χ2v) is 11.4. The highest BCUT2D eigenvalue weighted by atomic mass is 15.2. The van der Waals surface area contributed by atoms with Crippen LogP contribution in [0.15, 0.2) is 146 Å². The number of para-hydroxylation sites is 4. The maximum Gasteiger partial charge on any atom is 0.0782 e. The summed E-state index contributed by atoms with van der Waals surface area (Å²) in [5.41, 5.74) is 12.3. The van der Waals surface area contributed by atoms with Crippen molar-refractivity contribution in [2.24, 2.45) is 0 Å². The van der Waals surface area contributed by atoms with E-state index in [9.17, 15) is 0 Å². The molecule has 2 nitrogen and oxygen atoms in total. The summed E-state index contributed by atoms with van der Waals surface area (Å²) in [4.78, 5) is 2.48. The Labute approximate surface area is 240 Å². The molecule has 1 aliphatic rings. The van der Waals surface area contributed by atoms with Gasteiger partial charge in [0.1, 0.15) is 0 Å². The van der Waals surface area contributed by atoms with Gasteiger partial charge in [0.2, 0.25) is 0 Å². The van der Waals surface area contributed by atoms with Crippen molar-refractivity contribution < 1.29 is 0 Å². The van der Waals surface area contributed by atoms with E-state index < -0.39 is 0 Å². The van der Waals surface area contributed by atoms with Crippen LogP contribution in [0.4, 0.5) is 17.1 Å². The Balaban J connectivity index is 1.50. The maximum atomic E-state index is 2.48. The normalized spacial score (nSPS) is 13.3. The van der Waals surface area contributed by atoms with E-state index in [2.05, 4.69) is 169 Å². The molecule has 0 amide bonds. The van der Waals surface area contributed by atoms with Crippen LogP contribution in [0.1, 0.15) is 25.0 Å². The zero-order chi connectivity index (χ0) is 27.6. The standard InChI is InChI=1S/C39H30N2/c1-39(2)33-23-11-9-19-29(33)31-21-13-25-35(37(31)39)40(27-15-5-3-6-16-27)36-26-14-22-32-30-20-10-12-24-34(30)41(38(32)36)28-17-7-4-8-18-28/h3-26H,1-2H3. The number of hydrogen-bond acceptors (Lipinski definition) is 1. The van der Waals surface area contributed by atoms with E-state index in [4.69, 9.17) is 0 Å². The second kappa shape index (κ2) is 8.97. The predicted octanol–water partition coefficient (Wildman–Crippen LogP) is 10.6. The van der Waals surface area contributed by atoms with Crippen molar-refractivity contribution in [3.8, 4) is 16.8 Å². The van der Waals surface area contributed by atoms with Crippen LogP contribution in [0, 0.1) is 0 Å². The average molecular weight is 527 g/mol. The highest BCUT2D eigenvalue weighted by Crippen LogP contribution is 2.55. The lowest BCUT2D eigenvalue weighted by atomic mass is 9.81. The number of anilines is 3. The fraction of sp³-hybridized carbons (Fsp3) is 0.0769. The van der Waals surface area contributed by atoms with Crippen LogP contribution in [-0.4, -0.2) is 4.57 Å². The Hall–Kier alpha value is -5.08. The van der Waals surface area contributed by atoms with Gasteiger partial charge in [0, 0.05) is 27.6 Å². The molecule has 1 heterocycles. The van der Waals surface area contributed by atoms with Crippen LogP contribution in [0.25, 0.3) is 38.6 Å². The first-order valence-electron chi connectivity index (χ1n) is 14.3. The molecule has 0 radical (unpaired) electrons. The maximum absolute atomic E-state index is 2.48. The van der Waals surface area contributed by atoms with Gasteiger partial charge in [-0.1, -0.05) is 117 Å². The van der Waals surface area contributed by atoms with Crippen molar-refractivity contribution >= 4 is 38.9 Å². The van der Waals surface area contributed by atoms with Crippen molar-refractivity contribution in [2.75, 3.05) is 4.90 Å². The summed E-state index contributed by atoms with van der Waals surface area (Å²) in [5, 5.41) is 2.50. The van der Waals surface area contributed by atoms with Gasteiger partial charge in [-0.15, -0.1) is 0 Å². The summed E-state index contributed by atoms with van der Waals surface area (Å²) in [7, 11) is 0. The average Bonchev–Trinajstić information content (AvgIpc) is 3.49. The van der Waals surface area contributed by atoms with Gasteiger partial charge in [-0.2, -0.15) is 0 Å². The Bertz CT molecular complexity index is 2070. The molecule has 0 saturated heterocycles. The minimum Gasteiger partial charge on any atom is -0.308 e. The molecule has 41 heavy (non-hydrogen) atoms. The topological polar surface area (TPSA) is 8.17 Å². The minimum absolute atomic E-state index is 0.143. The molecule has 0 bridgehead atoms. The first kappa shape index (κ1) is 23.8. The third-order valence-electron chi connectivity index (χ3n) is 8.74. The molecular weight excluding hydrogens is 496 g/mol. The third-order valence-corrected chi connectivity index (χ3v) is 8.74. The smallest absolute Gasteiger partial charge is 0.0782 e. The zero-order valence-corrected chi connectivity index (χ0v) is 23.3. The summed E-state index contributed by atoms with van der Waals surface area (Å²) in [6.45, 7) is 4.73. The molecule has 0 spiro atoms. The molecule has 196 valence electrons. The molecule has 0 saturated carbocycles. The molecule has 0 N–H and O–H groups in total. The van der Waals surface area contributed by atoms with E-state index in [0.717, 1.165) is 17.1 Å². The first-order chi connectivity index (χ1) is 20.1. The highest BCUT2D eigenvalue weighted by Gasteiger charge is 2.39. The highest BCUT2D eigenvalue weighted by molar-refractivity contribution is 6.14. The number of aromatic nitrogens is 1. The van der Waals surface area contributed by atoms with Gasteiger partial charge in [0.25, 0.3) is 0 Å². The Morgan fingerprint density at radius 2 is 1.12 bits per heavy atom. The van der Waals surface area contributed by atoms with Crippen molar-refractivity contribution in [3.05, 3.63) is 157 Å². The Morgan fingerprint density at radius 3 is 1.95 bits per heavy atom. The molecule has 1 aliphatic carbocycles. The third kappa shape index (κ3) is 3.44. The predicted molar refractivity (Wildman–Crippen MR) is 173 cm³/mol. The molecule has 2 heteroatoms. The Morgan fingerprint density at radius 1 is 0.512 bits per heavy atom. The number of rotatable bonds is 4. The van der Waals surface area contributed by atoms with Crippen LogP contribution in [0.5, 0.6) is 0 Å². The van der Waals surface area contributed by atoms with Crippen LogP contribution in [0.3, 0.4) is 0 Å². The summed E-state index contributed by atoms with van der Waals surface area (Å²) in [5.74, 6) is 0. The van der Waals surface area contributed by atoms with Gasteiger partial charge in [-0.25, -0.2) is 0 Å². The van der Waals surface area contributed by atoms with E-state index in [1.807, 2.05) is 0 Å². The fourth-order valence-corrected chi connectivity index (χ4v) is 7.02. The fourth-order valence-electron chi connectivity index (χ4n) is 7.02. The van der Waals surface area contributed by atoms with Gasteiger partial charge < -0.3 is 9.47 Å². The van der Waals surface area contributed by atoms with E-state index in [0.29, 0.717) is 0 Å². The van der Waals surface area contributed by atoms with Crippen molar-refractivity contribution in [1.82, 2.24) is 4.57 Å². The van der Waals surface area contributed by atoms with Crippen LogP contribution in [0.2, 0.25) is 0 Å². The van der Waals surface area contributed by atoms with Crippen molar-refractivity contribution in [2.45, 2.75) is 19.3 Å². The van der Waals surface area contributed by atoms with Crippen molar-refractivity contribution in [3.63, 3.8) is 0 Å². The van der Waals surface area contributed by atoms with Crippen LogP contribution in [-0.2, 0) is 5.41 Å². The van der Waals surface area contributed by atoms with Gasteiger partial charge >= 0.3 is 0 Å².